The fraction of sp³-hybridized carbons (Fsp3) is 0.500. The molecule has 1 aromatic heterocycles. The van der Waals surface area contributed by atoms with Crippen molar-refractivity contribution in [2.24, 2.45) is 5.92 Å². The van der Waals surface area contributed by atoms with E-state index in [0.29, 0.717) is 18.0 Å². The molecule has 1 aliphatic heterocycles. The lowest BCUT2D eigenvalue weighted by atomic mass is 10.1. The van der Waals surface area contributed by atoms with E-state index in [1.807, 2.05) is 24.3 Å². The Labute approximate surface area is 137 Å². The van der Waals surface area contributed by atoms with Crippen LogP contribution in [0.4, 0.5) is 0 Å². The summed E-state index contributed by atoms with van der Waals surface area (Å²) in [5, 5.41) is 3.96. The molecular weight excluding hydrogens is 290 g/mol. The van der Waals surface area contributed by atoms with Gasteiger partial charge in [-0.3, -0.25) is 9.69 Å². The molecular formula is C18H25N3O2. The molecule has 3 rings (SSSR count). The van der Waals surface area contributed by atoms with Crippen molar-refractivity contribution in [1.82, 2.24) is 15.2 Å². The van der Waals surface area contributed by atoms with Gasteiger partial charge in [-0.2, -0.15) is 0 Å². The third-order valence-electron chi connectivity index (χ3n) is 4.17. The Balaban J connectivity index is 1.56. The van der Waals surface area contributed by atoms with E-state index in [1.54, 1.807) is 6.20 Å². The molecule has 23 heavy (non-hydrogen) atoms. The number of ether oxygens (including phenoxy) is 1. The average molecular weight is 315 g/mol. The lowest BCUT2D eigenvalue weighted by Crippen LogP contribution is -2.48. The van der Waals surface area contributed by atoms with Gasteiger partial charge < -0.3 is 15.0 Å². The standard InChI is InChI=1S/C18H25N3O2/c1-13(2)11-21-7-8-23-14(12-21)9-20-18(22)16-10-19-17-6-4-3-5-15(16)17/h3-6,10,13-14,19H,7-9,11-12H2,1-2H3,(H,20,22). The van der Waals surface area contributed by atoms with Gasteiger partial charge >= 0.3 is 0 Å². The number of rotatable bonds is 5. The Morgan fingerprint density at radius 3 is 3.09 bits per heavy atom. The van der Waals surface area contributed by atoms with Crippen LogP contribution in [0.5, 0.6) is 0 Å². The van der Waals surface area contributed by atoms with Crippen LogP contribution in [0.2, 0.25) is 0 Å². The second kappa shape index (κ2) is 7.15. The number of morpholine rings is 1. The van der Waals surface area contributed by atoms with Crippen molar-refractivity contribution in [3.05, 3.63) is 36.0 Å². The van der Waals surface area contributed by atoms with Crippen molar-refractivity contribution in [2.75, 3.05) is 32.8 Å². The molecule has 0 saturated carbocycles. The fourth-order valence-corrected chi connectivity index (χ4v) is 3.15. The summed E-state index contributed by atoms with van der Waals surface area (Å²) in [6.45, 7) is 8.67. The highest BCUT2D eigenvalue weighted by molar-refractivity contribution is 6.06. The lowest BCUT2D eigenvalue weighted by molar-refractivity contribution is -0.0295. The van der Waals surface area contributed by atoms with Crippen LogP contribution in [-0.2, 0) is 4.74 Å². The maximum Gasteiger partial charge on any atom is 0.253 e. The van der Waals surface area contributed by atoms with Crippen LogP contribution in [0.15, 0.2) is 30.5 Å². The summed E-state index contributed by atoms with van der Waals surface area (Å²) in [5.41, 5.74) is 1.67. The van der Waals surface area contributed by atoms with Crippen molar-refractivity contribution in [3.63, 3.8) is 0 Å². The number of H-pyrrole nitrogens is 1. The molecule has 0 radical (unpaired) electrons. The van der Waals surface area contributed by atoms with Crippen LogP contribution < -0.4 is 5.32 Å². The van der Waals surface area contributed by atoms with Crippen LogP contribution in [0.1, 0.15) is 24.2 Å². The van der Waals surface area contributed by atoms with Gasteiger partial charge in [0.05, 0.1) is 18.3 Å². The first-order valence-corrected chi connectivity index (χ1v) is 8.31. The van der Waals surface area contributed by atoms with Gasteiger partial charge in [-0.15, -0.1) is 0 Å². The van der Waals surface area contributed by atoms with E-state index in [9.17, 15) is 4.79 Å². The Morgan fingerprint density at radius 1 is 1.43 bits per heavy atom. The molecule has 124 valence electrons. The minimum absolute atomic E-state index is 0.0490. The summed E-state index contributed by atoms with van der Waals surface area (Å²) >= 11 is 0. The SMILES string of the molecule is CC(C)CN1CCOC(CNC(=O)c2c[nH]c3ccccc23)C1. The number of benzene rings is 1. The predicted octanol–water partition coefficient (Wildman–Crippen LogP) is 2.25. The minimum atomic E-state index is -0.0490. The summed E-state index contributed by atoms with van der Waals surface area (Å²) < 4.78 is 5.78. The first kappa shape index (κ1) is 16.0. The van der Waals surface area contributed by atoms with Crippen molar-refractivity contribution in [3.8, 4) is 0 Å². The van der Waals surface area contributed by atoms with Crippen molar-refractivity contribution in [1.29, 1.82) is 0 Å². The first-order valence-electron chi connectivity index (χ1n) is 8.31. The first-order chi connectivity index (χ1) is 11.1. The number of hydrogen-bond donors (Lipinski definition) is 2. The summed E-state index contributed by atoms with van der Waals surface area (Å²) in [6, 6.07) is 7.84. The topological polar surface area (TPSA) is 57.4 Å². The fourth-order valence-electron chi connectivity index (χ4n) is 3.15. The summed E-state index contributed by atoms with van der Waals surface area (Å²) in [4.78, 5) is 18.0. The Kier molecular flexibility index (Phi) is 4.98. The van der Waals surface area contributed by atoms with E-state index in [1.165, 1.54) is 0 Å². The van der Waals surface area contributed by atoms with E-state index >= 15 is 0 Å². The Hall–Kier alpha value is -1.85. The Bertz CT molecular complexity index is 665. The van der Waals surface area contributed by atoms with Gasteiger partial charge in [-0.05, 0) is 12.0 Å². The van der Waals surface area contributed by atoms with E-state index in [0.717, 1.165) is 37.1 Å². The maximum absolute atomic E-state index is 12.4. The molecule has 1 fully saturated rings. The van der Waals surface area contributed by atoms with Gasteiger partial charge in [0.25, 0.3) is 5.91 Å². The van der Waals surface area contributed by atoms with Crippen molar-refractivity contribution < 1.29 is 9.53 Å². The Morgan fingerprint density at radius 2 is 2.26 bits per heavy atom. The molecule has 5 nitrogen and oxygen atoms in total. The molecule has 0 spiro atoms. The van der Waals surface area contributed by atoms with Gasteiger partial charge in [0.2, 0.25) is 0 Å². The molecule has 0 bridgehead atoms. The third kappa shape index (κ3) is 3.92. The molecule has 5 heteroatoms. The van der Waals surface area contributed by atoms with Crippen LogP contribution in [0.3, 0.4) is 0 Å². The van der Waals surface area contributed by atoms with Crippen LogP contribution >= 0.6 is 0 Å². The van der Waals surface area contributed by atoms with Gasteiger partial charge in [-0.1, -0.05) is 32.0 Å². The van der Waals surface area contributed by atoms with Gasteiger partial charge in [0.1, 0.15) is 0 Å². The molecule has 1 saturated heterocycles. The highest BCUT2D eigenvalue weighted by atomic mass is 16.5. The van der Waals surface area contributed by atoms with Crippen molar-refractivity contribution in [2.45, 2.75) is 20.0 Å². The number of para-hydroxylation sites is 1. The molecule has 2 aromatic rings. The predicted molar refractivity (Wildman–Crippen MR) is 91.6 cm³/mol. The molecule has 2 N–H and O–H groups in total. The number of carbonyl (C=O) groups is 1. The largest absolute Gasteiger partial charge is 0.374 e. The van der Waals surface area contributed by atoms with Crippen LogP contribution in [0.25, 0.3) is 10.9 Å². The van der Waals surface area contributed by atoms with E-state index in [4.69, 9.17) is 4.74 Å². The monoisotopic (exact) mass is 315 g/mol. The number of fused-ring (bicyclic) bond motifs is 1. The number of carbonyl (C=O) groups excluding carboxylic acids is 1. The highest BCUT2D eigenvalue weighted by Gasteiger charge is 2.22. The van der Waals surface area contributed by atoms with Gasteiger partial charge in [-0.25, -0.2) is 0 Å². The quantitative estimate of drug-likeness (QED) is 0.890. The maximum atomic E-state index is 12.4. The average Bonchev–Trinajstić information content (AvgIpc) is 2.96. The zero-order valence-electron chi connectivity index (χ0n) is 13.8. The summed E-state index contributed by atoms with van der Waals surface area (Å²) in [7, 11) is 0. The molecule has 1 aromatic carbocycles. The molecule has 1 atom stereocenters. The molecule has 1 amide bonds. The zero-order valence-corrected chi connectivity index (χ0v) is 13.8. The lowest BCUT2D eigenvalue weighted by Gasteiger charge is -2.33. The number of nitrogens with zero attached hydrogens (tertiary/aromatic N) is 1. The number of amides is 1. The normalized spacial score (nSPS) is 19.3. The number of hydrogen-bond acceptors (Lipinski definition) is 3. The van der Waals surface area contributed by atoms with Gasteiger partial charge in [0.15, 0.2) is 0 Å². The summed E-state index contributed by atoms with van der Waals surface area (Å²) in [6.07, 6.45) is 1.84. The minimum Gasteiger partial charge on any atom is -0.374 e. The molecule has 1 aliphatic rings. The molecule has 1 unspecified atom stereocenters. The number of aromatic nitrogens is 1. The summed E-state index contributed by atoms with van der Waals surface area (Å²) in [5.74, 6) is 0.599. The number of nitrogens with one attached hydrogen (secondary N) is 2. The second-order valence-electron chi connectivity index (χ2n) is 6.60. The molecule has 0 aliphatic carbocycles. The number of aromatic amines is 1. The zero-order chi connectivity index (χ0) is 16.2. The van der Waals surface area contributed by atoms with E-state index in [2.05, 4.69) is 29.0 Å². The second-order valence-corrected chi connectivity index (χ2v) is 6.60. The van der Waals surface area contributed by atoms with Crippen LogP contribution in [0, 0.1) is 5.92 Å². The van der Waals surface area contributed by atoms with Crippen molar-refractivity contribution >= 4 is 16.8 Å². The smallest absolute Gasteiger partial charge is 0.253 e. The van der Waals surface area contributed by atoms with Crippen LogP contribution in [-0.4, -0.2) is 54.7 Å². The van der Waals surface area contributed by atoms with E-state index in [-0.39, 0.29) is 12.0 Å². The van der Waals surface area contributed by atoms with E-state index < -0.39 is 0 Å². The third-order valence-corrected chi connectivity index (χ3v) is 4.17. The van der Waals surface area contributed by atoms with Gasteiger partial charge in [0, 0.05) is 43.3 Å². The molecule has 2 heterocycles. The highest BCUT2D eigenvalue weighted by Crippen LogP contribution is 2.17.